The van der Waals surface area contributed by atoms with Crippen LogP contribution in [0.25, 0.3) is 0 Å². The molecule has 0 unspecified atom stereocenters. The lowest BCUT2D eigenvalue weighted by Gasteiger charge is -2.39. The van der Waals surface area contributed by atoms with Crippen LogP contribution >= 0.6 is 0 Å². The molecule has 2 aromatic rings. The van der Waals surface area contributed by atoms with Gasteiger partial charge in [0.05, 0.1) is 11.8 Å². The van der Waals surface area contributed by atoms with Crippen molar-refractivity contribution in [2.75, 3.05) is 19.6 Å². The zero-order valence-electron chi connectivity index (χ0n) is 13.6. The molecule has 2 heterocycles. The number of amides is 2. The van der Waals surface area contributed by atoms with Gasteiger partial charge in [0, 0.05) is 39.4 Å². The van der Waals surface area contributed by atoms with E-state index in [1.54, 1.807) is 22.8 Å². The first-order valence-corrected chi connectivity index (χ1v) is 7.90. The van der Waals surface area contributed by atoms with Gasteiger partial charge in [-0.05, 0) is 5.56 Å². The molecule has 0 spiro atoms. The third-order valence-electron chi connectivity index (χ3n) is 4.29. The van der Waals surface area contributed by atoms with E-state index < -0.39 is 11.9 Å². The molecule has 3 rings (SSSR count). The van der Waals surface area contributed by atoms with Gasteiger partial charge < -0.3 is 10.6 Å². The second-order valence-corrected chi connectivity index (χ2v) is 6.03. The summed E-state index contributed by atoms with van der Waals surface area (Å²) in [6, 6.07) is 9.45. The Bertz CT molecular complexity index is 728. The van der Waals surface area contributed by atoms with Crippen LogP contribution in [-0.2, 0) is 18.4 Å². The van der Waals surface area contributed by atoms with Crippen molar-refractivity contribution in [3.63, 3.8) is 0 Å². The molecule has 1 saturated heterocycles. The monoisotopic (exact) mass is 327 g/mol. The normalized spacial score (nSPS) is 18.5. The average Bonchev–Trinajstić information content (AvgIpc) is 3.02. The van der Waals surface area contributed by atoms with Crippen LogP contribution in [0.3, 0.4) is 0 Å². The van der Waals surface area contributed by atoms with Crippen molar-refractivity contribution < 1.29 is 9.59 Å². The zero-order chi connectivity index (χ0) is 17.1. The second-order valence-electron chi connectivity index (χ2n) is 6.03. The van der Waals surface area contributed by atoms with Gasteiger partial charge in [-0.3, -0.25) is 19.2 Å². The highest BCUT2D eigenvalue weighted by molar-refractivity contribution is 5.94. The number of carbonyl (C=O) groups excluding carboxylic acids is 2. The minimum atomic E-state index is -0.487. The average molecular weight is 327 g/mol. The molecule has 1 aromatic carbocycles. The van der Waals surface area contributed by atoms with Crippen molar-refractivity contribution in [2.45, 2.75) is 12.6 Å². The Morgan fingerprint density at radius 2 is 2.00 bits per heavy atom. The highest BCUT2D eigenvalue weighted by Crippen LogP contribution is 2.16. The molecule has 0 saturated carbocycles. The van der Waals surface area contributed by atoms with Gasteiger partial charge in [-0.2, -0.15) is 5.10 Å². The minimum Gasteiger partial charge on any atom is -0.368 e. The molecule has 1 aliphatic rings. The number of hydrogen-bond acceptors (Lipinski definition) is 4. The number of aromatic nitrogens is 2. The van der Waals surface area contributed by atoms with Gasteiger partial charge in [0.2, 0.25) is 5.91 Å². The molecule has 2 N–H and O–H groups in total. The molecule has 0 bridgehead atoms. The Morgan fingerprint density at radius 1 is 1.25 bits per heavy atom. The maximum atomic E-state index is 12.5. The quantitative estimate of drug-likeness (QED) is 0.871. The number of carbonyl (C=O) groups is 2. The number of rotatable bonds is 4. The predicted octanol–water partition coefficient (Wildman–Crippen LogP) is 0.232. The predicted molar refractivity (Wildman–Crippen MR) is 88.9 cm³/mol. The van der Waals surface area contributed by atoms with Crippen LogP contribution in [0.2, 0.25) is 0 Å². The van der Waals surface area contributed by atoms with Crippen molar-refractivity contribution in [1.82, 2.24) is 19.6 Å². The van der Waals surface area contributed by atoms with Crippen molar-refractivity contribution in [2.24, 2.45) is 12.8 Å². The Labute approximate surface area is 140 Å². The molecule has 1 aliphatic heterocycles. The molecular weight excluding hydrogens is 306 g/mol. The second kappa shape index (κ2) is 6.84. The van der Waals surface area contributed by atoms with E-state index in [0.29, 0.717) is 31.7 Å². The van der Waals surface area contributed by atoms with Gasteiger partial charge in [-0.25, -0.2) is 0 Å². The topological polar surface area (TPSA) is 84.5 Å². The summed E-state index contributed by atoms with van der Waals surface area (Å²) < 4.78 is 1.59. The lowest BCUT2D eigenvalue weighted by atomic mass is 10.1. The molecule has 7 heteroatoms. The van der Waals surface area contributed by atoms with Crippen molar-refractivity contribution in [3.05, 3.63) is 53.9 Å². The Morgan fingerprint density at radius 3 is 2.62 bits per heavy atom. The molecule has 0 radical (unpaired) electrons. The minimum absolute atomic E-state index is 0.117. The van der Waals surface area contributed by atoms with E-state index in [-0.39, 0.29) is 5.91 Å². The molecule has 126 valence electrons. The molecule has 7 nitrogen and oxygen atoms in total. The van der Waals surface area contributed by atoms with Crippen LogP contribution in [0.4, 0.5) is 0 Å². The molecule has 1 atom stereocenters. The van der Waals surface area contributed by atoms with Crippen molar-refractivity contribution in [1.29, 1.82) is 0 Å². The summed E-state index contributed by atoms with van der Waals surface area (Å²) in [5.41, 5.74) is 7.23. The standard InChI is InChI=1S/C17H21N5O2/c1-20-11-14(9-19-20)17(24)22-8-7-21(15(12-22)16(18)23)10-13-5-3-2-4-6-13/h2-6,9,11,15H,7-8,10,12H2,1H3,(H2,18,23)/t15-/m1/s1. The van der Waals surface area contributed by atoms with Crippen LogP contribution in [0.1, 0.15) is 15.9 Å². The summed E-state index contributed by atoms with van der Waals surface area (Å²) in [6.07, 6.45) is 3.22. The fraction of sp³-hybridized carbons (Fsp3) is 0.353. The molecule has 0 aliphatic carbocycles. The van der Waals surface area contributed by atoms with E-state index in [1.807, 2.05) is 35.2 Å². The number of nitrogens with zero attached hydrogens (tertiary/aromatic N) is 4. The Balaban J connectivity index is 1.71. The van der Waals surface area contributed by atoms with Gasteiger partial charge in [0.25, 0.3) is 5.91 Å². The first-order chi connectivity index (χ1) is 11.5. The number of benzene rings is 1. The molecule has 2 amide bonds. The van der Waals surface area contributed by atoms with Gasteiger partial charge in [0.1, 0.15) is 6.04 Å². The zero-order valence-corrected chi connectivity index (χ0v) is 13.6. The molecule has 24 heavy (non-hydrogen) atoms. The Hall–Kier alpha value is -2.67. The third-order valence-corrected chi connectivity index (χ3v) is 4.29. The van der Waals surface area contributed by atoms with Crippen LogP contribution in [-0.4, -0.2) is 57.1 Å². The SMILES string of the molecule is Cn1cc(C(=O)N2CCN(Cc3ccccc3)[C@@H](C(N)=O)C2)cn1. The van der Waals surface area contributed by atoms with E-state index in [2.05, 4.69) is 5.10 Å². The van der Waals surface area contributed by atoms with Gasteiger partial charge in [-0.1, -0.05) is 30.3 Å². The van der Waals surface area contributed by atoms with Crippen LogP contribution in [0.15, 0.2) is 42.7 Å². The van der Waals surface area contributed by atoms with Gasteiger partial charge in [0.15, 0.2) is 0 Å². The van der Waals surface area contributed by atoms with Crippen LogP contribution < -0.4 is 5.73 Å². The maximum absolute atomic E-state index is 12.5. The smallest absolute Gasteiger partial charge is 0.257 e. The number of aryl methyl sites for hydroxylation is 1. The first-order valence-electron chi connectivity index (χ1n) is 7.90. The van der Waals surface area contributed by atoms with E-state index in [4.69, 9.17) is 5.73 Å². The van der Waals surface area contributed by atoms with Crippen molar-refractivity contribution in [3.8, 4) is 0 Å². The van der Waals surface area contributed by atoms with Crippen LogP contribution in [0.5, 0.6) is 0 Å². The van der Waals surface area contributed by atoms with Crippen LogP contribution in [0, 0.1) is 0 Å². The number of nitrogens with two attached hydrogens (primary N) is 1. The summed E-state index contributed by atoms with van der Waals surface area (Å²) in [7, 11) is 1.76. The number of hydrogen-bond donors (Lipinski definition) is 1. The lowest BCUT2D eigenvalue weighted by Crippen LogP contribution is -2.58. The van der Waals surface area contributed by atoms with E-state index in [1.165, 1.54) is 6.20 Å². The van der Waals surface area contributed by atoms with Gasteiger partial charge in [-0.15, -0.1) is 0 Å². The summed E-state index contributed by atoms with van der Waals surface area (Å²) >= 11 is 0. The highest BCUT2D eigenvalue weighted by Gasteiger charge is 2.33. The van der Waals surface area contributed by atoms with Crippen molar-refractivity contribution >= 4 is 11.8 Å². The number of piperazine rings is 1. The first kappa shape index (κ1) is 16.2. The fourth-order valence-electron chi connectivity index (χ4n) is 3.00. The third kappa shape index (κ3) is 3.46. The van der Waals surface area contributed by atoms with Gasteiger partial charge >= 0.3 is 0 Å². The Kier molecular flexibility index (Phi) is 4.61. The summed E-state index contributed by atoms with van der Waals surface area (Å²) in [5.74, 6) is -0.525. The maximum Gasteiger partial charge on any atom is 0.257 e. The van der Waals surface area contributed by atoms with E-state index in [9.17, 15) is 9.59 Å². The van der Waals surface area contributed by atoms with E-state index >= 15 is 0 Å². The largest absolute Gasteiger partial charge is 0.368 e. The fourth-order valence-corrected chi connectivity index (χ4v) is 3.00. The molecule has 1 aromatic heterocycles. The molecular formula is C17H21N5O2. The summed E-state index contributed by atoms with van der Waals surface area (Å²) in [5, 5.41) is 4.02. The molecule has 1 fully saturated rings. The summed E-state index contributed by atoms with van der Waals surface area (Å²) in [4.78, 5) is 28.1. The van der Waals surface area contributed by atoms with E-state index in [0.717, 1.165) is 5.56 Å². The lowest BCUT2D eigenvalue weighted by molar-refractivity contribution is -0.125. The highest BCUT2D eigenvalue weighted by atomic mass is 16.2. The number of primary amides is 1. The summed E-state index contributed by atoms with van der Waals surface area (Å²) in [6.45, 7) is 2.11.